The van der Waals surface area contributed by atoms with E-state index in [-0.39, 0.29) is 10.2 Å². The molecule has 4 heteroatoms. The van der Waals surface area contributed by atoms with Crippen LogP contribution in [-0.4, -0.2) is 26.5 Å². The fraction of sp³-hybridized carbons (Fsp3) is 0.947. The molecule has 3 fully saturated rings. The van der Waals surface area contributed by atoms with E-state index in [9.17, 15) is 4.55 Å². The summed E-state index contributed by atoms with van der Waals surface area (Å²) in [5, 5.41) is 0.865. The van der Waals surface area contributed by atoms with Crippen molar-refractivity contribution in [2.75, 3.05) is 5.75 Å². The van der Waals surface area contributed by atoms with Gasteiger partial charge in [-0.3, -0.25) is 0 Å². The molecule has 3 rings (SSSR count). The van der Waals surface area contributed by atoms with Crippen molar-refractivity contribution in [1.82, 2.24) is 0 Å². The Morgan fingerprint density at radius 2 is 1.70 bits per heavy atom. The normalized spacial score (nSPS) is 34.0. The van der Waals surface area contributed by atoms with Gasteiger partial charge in [-0.25, -0.2) is 0 Å². The molecule has 0 aromatic rings. The Hall–Kier alpha value is 0.330. The van der Waals surface area contributed by atoms with Crippen LogP contribution in [0, 0.1) is 17.3 Å². The van der Waals surface area contributed by atoms with Crippen molar-refractivity contribution in [1.29, 1.82) is 0 Å². The summed E-state index contributed by atoms with van der Waals surface area (Å²) in [5.41, 5.74) is 0.249. The van der Waals surface area contributed by atoms with Gasteiger partial charge >= 0.3 is 0 Å². The maximum absolute atomic E-state index is 12.3. The molecule has 23 heavy (non-hydrogen) atoms. The van der Waals surface area contributed by atoms with Crippen molar-refractivity contribution in [3.63, 3.8) is 0 Å². The van der Waals surface area contributed by atoms with E-state index in [1.54, 1.807) is 0 Å². The van der Waals surface area contributed by atoms with Gasteiger partial charge in [-0.05, 0) is 83.3 Å². The highest BCUT2D eigenvalue weighted by atomic mass is 32.2. The first kappa shape index (κ1) is 18.1. The summed E-state index contributed by atoms with van der Waals surface area (Å²) in [6.07, 6.45) is 14.3. The maximum atomic E-state index is 12.3. The molecule has 1 atom stereocenters. The van der Waals surface area contributed by atoms with E-state index in [0.717, 1.165) is 17.1 Å². The third kappa shape index (κ3) is 5.67. The lowest BCUT2D eigenvalue weighted by Gasteiger charge is -2.37. The molecule has 2 nitrogen and oxygen atoms in total. The molecule has 0 N–H and O–H groups in total. The zero-order valence-corrected chi connectivity index (χ0v) is 16.7. The van der Waals surface area contributed by atoms with Crippen molar-refractivity contribution in [3.05, 3.63) is 0 Å². The van der Waals surface area contributed by atoms with Crippen LogP contribution in [0.5, 0.6) is 0 Å². The van der Waals surface area contributed by atoms with Crippen LogP contribution in [0.3, 0.4) is 0 Å². The van der Waals surface area contributed by atoms with Gasteiger partial charge in [0.25, 0.3) is 0 Å². The molecule has 3 aliphatic carbocycles. The summed E-state index contributed by atoms with van der Waals surface area (Å²) < 4.78 is 16.6. The Morgan fingerprint density at radius 1 is 1.09 bits per heavy atom. The van der Waals surface area contributed by atoms with Crippen molar-refractivity contribution in [2.24, 2.45) is 21.6 Å². The molecule has 0 aromatic heterocycles. The van der Waals surface area contributed by atoms with Gasteiger partial charge in [0, 0.05) is 10.7 Å². The zero-order valence-electron chi connectivity index (χ0n) is 15.1. The molecule has 0 saturated heterocycles. The van der Waals surface area contributed by atoms with Gasteiger partial charge in [0.1, 0.15) is 16.1 Å². The van der Waals surface area contributed by atoms with E-state index >= 15 is 0 Å². The van der Waals surface area contributed by atoms with E-state index in [1.165, 1.54) is 63.5 Å². The largest absolute Gasteiger partial charge is 0.591 e. The monoisotopic (exact) mass is 355 g/mol. The molecule has 3 aliphatic rings. The number of thioether (sulfide) groups is 1. The van der Waals surface area contributed by atoms with E-state index in [4.69, 9.17) is 0 Å². The quantitative estimate of drug-likeness (QED) is 0.453. The van der Waals surface area contributed by atoms with Crippen molar-refractivity contribution in [3.8, 4) is 0 Å². The molecule has 0 aliphatic heterocycles. The second-order valence-corrected chi connectivity index (χ2v) is 12.3. The first-order valence-electron chi connectivity index (χ1n) is 9.45. The third-order valence-electron chi connectivity index (χ3n) is 5.53. The summed E-state index contributed by atoms with van der Waals surface area (Å²) in [6.45, 7) is 6.04. The number of hydrogen-bond acceptors (Lipinski definition) is 3. The van der Waals surface area contributed by atoms with Gasteiger partial charge in [-0.2, -0.15) is 11.8 Å². The van der Waals surface area contributed by atoms with Crippen molar-refractivity contribution >= 4 is 29.3 Å². The first-order chi connectivity index (χ1) is 10.9. The molecule has 3 saturated carbocycles. The van der Waals surface area contributed by atoms with Crippen LogP contribution in [0.1, 0.15) is 78.6 Å². The Balaban J connectivity index is 1.55. The van der Waals surface area contributed by atoms with E-state index < -0.39 is 11.4 Å². The predicted molar refractivity (Wildman–Crippen MR) is 104 cm³/mol. The fourth-order valence-corrected chi connectivity index (χ4v) is 5.57. The SMILES string of the molecule is CC(C)(C)[S+]([O-])/N=C\[C@]1(CC2CC2)CC[C@H](SCC2CC2)CC1. The van der Waals surface area contributed by atoms with E-state index in [2.05, 4.69) is 22.4 Å². The molecule has 0 heterocycles. The Morgan fingerprint density at radius 3 is 2.22 bits per heavy atom. The highest BCUT2D eigenvalue weighted by Gasteiger charge is 2.40. The molecule has 0 radical (unpaired) electrons. The smallest absolute Gasteiger partial charge is 0.144 e. The molecule has 1 unspecified atom stereocenters. The summed E-state index contributed by atoms with van der Waals surface area (Å²) >= 11 is 1.12. The molecule has 0 bridgehead atoms. The van der Waals surface area contributed by atoms with Gasteiger partial charge in [0.15, 0.2) is 0 Å². The molecule has 132 valence electrons. The molecular formula is C19H33NOS2. The predicted octanol–water partition coefficient (Wildman–Crippen LogP) is 5.39. The third-order valence-corrected chi connectivity index (χ3v) is 8.48. The molecule has 0 spiro atoms. The second-order valence-electron chi connectivity index (χ2n) is 9.08. The van der Waals surface area contributed by atoms with Crippen LogP contribution in [0.4, 0.5) is 0 Å². The van der Waals surface area contributed by atoms with Gasteiger partial charge in [0.2, 0.25) is 0 Å². The van der Waals surface area contributed by atoms with Crippen LogP contribution in [0.2, 0.25) is 0 Å². The lowest BCUT2D eigenvalue weighted by molar-refractivity contribution is 0.264. The van der Waals surface area contributed by atoms with Gasteiger partial charge in [0.05, 0.1) is 6.21 Å². The van der Waals surface area contributed by atoms with Crippen LogP contribution in [0.25, 0.3) is 0 Å². The van der Waals surface area contributed by atoms with Gasteiger partial charge in [-0.1, -0.05) is 17.2 Å². The maximum Gasteiger partial charge on any atom is 0.144 e. The average molecular weight is 356 g/mol. The summed E-state index contributed by atoms with van der Waals surface area (Å²) in [6, 6.07) is 0. The summed E-state index contributed by atoms with van der Waals surface area (Å²) in [4.78, 5) is 0. The number of nitrogens with zero attached hydrogens (tertiary/aromatic N) is 1. The standard InChI is InChI=1S/C19H33NOS2/c1-18(2,3)23(21)20-14-19(12-15-4-5-15)10-8-17(9-11-19)22-13-16-6-7-16/h14-17H,4-13H2,1-3H3/b20-14-/t17-,19+,23?. The average Bonchev–Trinajstić information content (AvgIpc) is 3.38. The summed E-state index contributed by atoms with van der Waals surface area (Å²) in [5.74, 6) is 3.34. The summed E-state index contributed by atoms with van der Waals surface area (Å²) in [7, 11) is 0. The van der Waals surface area contributed by atoms with Crippen LogP contribution in [-0.2, 0) is 11.4 Å². The highest BCUT2D eigenvalue weighted by Crippen LogP contribution is 2.49. The zero-order chi connectivity index (χ0) is 16.5. The second kappa shape index (κ2) is 7.29. The van der Waals surface area contributed by atoms with Gasteiger partial charge in [-0.15, -0.1) is 0 Å². The van der Waals surface area contributed by atoms with Crippen molar-refractivity contribution < 1.29 is 4.55 Å². The first-order valence-corrected chi connectivity index (χ1v) is 11.6. The lowest BCUT2D eigenvalue weighted by Crippen LogP contribution is -2.33. The molecular weight excluding hydrogens is 322 g/mol. The highest BCUT2D eigenvalue weighted by molar-refractivity contribution is 7.99. The minimum absolute atomic E-state index is 0.241. The molecule has 0 aromatic carbocycles. The minimum Gasteiger partial charge on any atom is -0.591 e. The van der Waals surface area contributed by atoms with Gasteiger partial charge < -0.3 is 4.55 Å². The van der Waals surface area contributed by atoms with Crippen LogP contribution >= 0.6 is 11.8 Å². The number of rotatable bonds is 7. The minimum atomic E-state index is -1.11. The van der Waals surface area contributed by atoms with Crippen LogP contribution in [0.15, 0.2) is 4.40 Å². The van der Waals surface area contributed by atoms with E-state index in [0.29, 0.717) is 0 Å². The number of hydrogen-bond donors (Lipinski definition) is 0. The topological polar surface area (TPSA) is 35.4 Å². The Labute approximate surface area is 150 Å². The lowest BCUT2D eigenvalue weighted by atomic mass is 9.71. The van der Waals surface area contributed by atoms with Crippen molar-refractivity contribution in [2.45, 2.75) is 88.6 Å². The van der Waals surface area contributed by atoms with E-state index in [1.807, 2.05) is 20.8 Å². The molecule has 0 amide bonds. The Kier molecular flexibility index (Phi) is 5.75. The fourth-order valence-electron chi connectivity index (χ4n) is 3.49. The Bertz CT molecular complexity index is 416. The van der Waals surface area contributed by atoms with Crippen LogP contribution < -0.4 is 0 Å².